The molecule has 0 atom stereocenters. The average Bonchev–Trinajstić information content (AvgIpc) is 2.96. The minimum Gasteiger partial charge on any atom is -0.497 e. The molecule has 2 aromatic carbocycles. The van der Waals surface area contributed by atoms with Crippen molar-refractivity contribution >= 4 is 23.4 Å². The molecule has 1 heterocycles. The number of ether oxygens (including phenoxy) is 1. The van der Waals surface area contributed by atoms with Crippen molar-refractivity contribution < 1.29 is 19.3 Å². The number of hydrogen-bond donors (Lipinski definition) is 0. The van der Waals surface area contributed by atoms with Crippen molar-refractivity contribution in [3.63, 3.8) is 0 Å². The van der Waals surface area contributed by atoms with Gasteiger partial charge >= 0.3 is 5.97 Å². The summed E-state index contributed by atoms with van der Waals surface area (Å²) in [6.07, 6.45) is 1.65. The van der Waals surface area contributed by atoms with Crippen molar-refractivity contribution in [3.8, 4) is 5.75 Å². The van der Waals surface area contributed by atoms with Gasteiger partial charge in [0.1, 0.15) is 11.5 Å². The summed E-state index contributed by atoms with van der Waals surface area (Å²) in [5.41, 5.74) is 1.93. The maximum atomic E-state index is 11.9. The zero-order valence-corrected chi connectivity index (χ0v) is 12.6. The number of carbonyl (C=O) groups is 1. The minimum atomic E-state index is -0.570. The van der Waals surface area contributed by atoms with Crippen LogP contribution in [0.4, 0.5) is 5.69 Å². The van der Waals surface area contributed by atoms with E-state index in [1.807, 2.05) is 0 Å². The van der Waals surface area contributed by atoms with Crippen LogP contribution in [-0.2, 0) is 9.63 Å². The summed E-state index contributed by atoms with van der Waals surface area (Å²) in [7, 11) is 1.57. The fraction of sp³-hybridized carbons (Fsp3) is 0.0588. The predicted octanol–water partition coefficient (Wildman–Crippen LogP) is 2.95. The number of carbonyl (C=O) groups excluding carboxylic acids is 1. The van der Waals surface area contributed by atoms with E-state index in [0.717, 1.165) is 5.56 Å². The van der Waals surface area contributed by atoms with E-state index in [1.165, 1.54) is 24.3 Å². The maximum absolute atomic E-state index is 11.9. The molecule has 0 bridgehead atoms. The van der Waals surface area contributed by atoms with Crippen molar-refractivity contribution in [3.05, 3.63) is 75.3 Å². The Morgan fingerprint density at radius 2 is 1.79 bits per heavy atom. The zero-order chi connectivity index (χ0) is 17.1. The van der Waals surface area contributed by atoms with E-state index < -0.39 is 10.9 Å². The lowest BCUT2D eigenvalue weighted by Gasteiger charge is -2.02. The quantitative estimate of drug-likeness (QED) is 0.373. The van der Waals surface area contributed by atoms with E-state index in [-0.39, 0.29) is 11.3 Å². The Kier molecular flexibility index (Phi) is 4.07. The summed E-state index contributed by atoms with van der Waals surface area (Å²) < 4.78 is 5.09. The molecule has 120 valence electrons. The van der Waals surface area contributed by atoms with Gasteiger partial charge in [0.05, 0.1) is 17.6 Å². The normalized spacial score (nSPS) is 15.1. The Balaban J connectivity index is 1.93. The molecule has 7 heteroatoms. The highest BCUT2D eigenvalue weighted by Gasteiger charge is 2.27. The first kappa shape index (κ1) is 15.4. The average molecular weight is 324 g/mol. The SMILES string of the molecule is COc1ccc(C=C2C(=O)ON=C2c2ccc([N+](=O)[O-])cc2)cc1. The lowest BCUT2D eigenvalue weighted by atomic mass is 10.0. The van der Waals surface area contributed by atoms with Gasteiger partial charge in [-0.1, -0.05) is 17.3 Å². The molecule has 0 aromatic heterocycles. The van der Waals surface area contributed by atoms with Gasteiger partial charge in [0.25, 0.3) is 5.69 Å². The largest absolute Gasteiger partial charge is 0.497 e. The van der Waals surface area contributed by atoms with Crippen LogP contribution in [0.1, 0.15) is 11.1 Å². The van der Waals surface area contributed by atoms with Crippen LogP contribution in [0.25, 0.3) is 6.08 Å². The van der Waals surface area contributed by atoms with Crippen LogP contribution in [0.3, 0.4) is 0 Å². The third-order valence-electron chi connectivity index (χ3n) is 3.47. The molecule has 0 saturated heterocycles. The van der Waals surface area contributed by atoms with Gasteiger partial charge in [-0.05, 0) is 35.9 Å². The number of methoxy groups -OCH3 is 1. The molecule has 0 amide bonds. The Morgan fingerprint density at radius 1 is 1.12 bits per heavy atom. The molecule has 24 heavy (non-hydrogen) atoms. The number of non-ortho nitro benzene ring substituents is 1. The van der Waals surface area contributed by atoms with Crippen molar-refractivity contribution in [2.75, 3.05) is 7.11 Å². The topological polar surface area (TPSA) is 91.0 Å². The van der Waals surface area contributed by atoms with Gasteiger partial charge in [-0.3, -0.25) is 10.1 Å². The smallest absolute Gasteiger partial charge is 0.368 e. The molecule has 0 spiro atoms. The third kappa shape index (κ3) is 3.00. The first-order chi connectivity index (χ1) is 11.6. The first-order valence-corrected chi connectivity index (χ1v) is 6.99. The van der Waals surface area contributed by atoms with Crippen molar-refractivity contribution in [1.29, 1.82) is 0 Å². The van der Waals surface area contributed by atoms with E-state index in [0.29, 0.717) is 17.0 Å². The number of oxime groups is 1. The second-order valence-corrected chi connectivity index (χ2v) is 4.95. The Hall–Kier alpha value is -3.48. The van der Waals surface area contributed by atoms with Gasteiger partial charge in [0.15, 0.2) is 0 Å². The lowest BCUT2D eigenvalue weighted by molar-refractivity contribution is -0.384. The van der Waals surface area contributed by atoms with Gasteiger partial charge in [0, 0.05) is 17.7 Å². The Morgan fingerprint density at radius 3 is 2.38 bits per heavy atom. The van der Waals surface area contributed by atoms with Crippen molar-refractivity contribution in [2.45, 2.75) is 0 Å². The summed E-state index contributed by atoms with van der Waals surface area (Å²) in [6, 6.07) is 12.9. The number of rotatable bonds is 4. The summed E-state index contributed by atoms with van der Waals surface area (Å²) in [6.45, 7) is 0. The van der Waals surface area contributed by atoms with E-state index in [1.54, 1.807) is 37.5 Å². The van der Waals surface area contributed by atoms with Gasteiger partial charge in [-0.15, -0.1) is 0 Å². The molecule has 1 aliphatic rings. The summed E-state index contributed by atoms with van der Waals surface area (Å²) in [5.74, 6) is 0.134. The van der Waals surface area contributed by atoms with Crippen LogP contribution in [0.15, 0.2) is 59.3 Å². The second kappa shape index (κ2) is 6.33. The molecule has 0 saturated carbocycles. The molecule has 7 nitrogen and oxygen atoms in total. The highest BCUT2D eigenvalue weighted by atomic mass is 16.7. The number of hydrogen-bond acceptors (Lipinski definition) is 6. The second-order valence-electron chi connectivity index (χ2n) is 4.95. The van der Waals surface area contributed by atoms with Crippen molar-refractivity contribution in [1.82, 2.24) is 0 Å². The van der Waals surface area contributed by atoms with Gasteiger partial charge in [-0.25, -0.2) is 4.79 Å². The number of nitrogens with zero attached hydrogens (tertiary/aromatic N) is 2. The van der Waals surface area contributed by atoms with Crippen LogP contribution >= 0.6 is 0 Å². The van der Waals surface area contributed by atoms with Crippen LogP contribution in [0.2, 0.25) is 0 Å². The van der Waals surface area contributed by atoms with Crippen molar-refractivity contribution in [2.24, 2.45) is 5.16 Å². The summed E-state index contributed by atoms with van der Waals surface area (Å²) in [4.78, 5) is 26.9. The monoisotopic (exact) mass is 324 g/mol. The molecule has 3 rings (SSSR count). The highest BCUT2D eigenvalue weighted by molar-refractivity contribution is 6.31. The maximum Gasteiger partial charge on any atom is 0.368 e. The molecule has 2 aromatic rings. The number of nitro groups is 1. The fourth-order valence-electron chi connectivity index (χ4n) is 2.23. The third-order valence-corrected chi connectivity index (χ3v) is 3.47. The molecule has 1 aliphatic heterocycles. The van der Waals surface area contributed by atoms with E-state index in [9.17, 15) is 14.9 Å². The molecular weight excluding hydrogens is 312 g/mol. The fourth-order valence-corrected chi connectivity index (χ4v) is 2.23. The predicted molar refractivity (Wildman–Crippen MR) is 86.7 cm³/mol. The van der Waals surface area contributed by atoms with Gasteiger partial charge < -0.3 is 9.57 Å². The van der Waals surface area contributed by atoms with E-state index in [2.05, 4.69) is 5.16 Å². The highest BCUT2D eigenvalue weighted by Crippen LogP contribution is 2.23. The summed E-state index contributed by atoms with van der Waals surface area (Å²) >= 11 is 0. The minimum absolute atomic E-state index is 0.0368. The van der Waals surface area contributed by atoms with Crippen LogP contribution < -0.4 is 4.74 Å². The number of benzene rings is 2. The molecule has 0 radical (unpaired) electrons. The molecule has 0 aliphatic carbocycles. The van der Waals surface area contributed by atoms with Crippen LogP contribution in [-0.4, -0.2) is 23.7 Å². The lowest BCUT2D eigenvalue weighted by Crippen LogP contribution is -2.07. The number of nitro benzene ring substituents is 1. The Labute approximate surface area is 137 Å². The van der Waals surface area contributed by atoms with Gasteiger partial charge in [0.2, 0.25) is 0 Å². The molecule has 0 fully saturated rings. The zero-order valence-electron chi connectivity index (χ0n) is 12.6. The Bertz CT molecular complexity index is 852. The van der Waals surface area contributed by atoms with E-state index >= 15 is 0 Å². The van der Waals surface area contributed by atoms with Crippen LogP contribution in [0.5, 0.6) is 5.75 Å². The van der Waals surface area contributed by atoms with Crippen LogP contribution in [0, 0.1) is 10.1 Å². The molecule has 0 unspecified atom stereocenters. The first-order valence-electron chi connectivity index (χ1n) is 6.99. The molecule has 0 N–H and O–H groups in total. The summed E-state index contributed by atoms with van der Waals surface area (Å²) in [5, 5.41) is 14.5. The standard InChI is InChI=1S/C17H12N2O5/c1-23-14-8-2-11(3-9-14)10-15-16(18-24-17(15)20)12-4-6-13(7-5-12)19(21)22/h2-10H,1H3. The van der Waals surface area contributed by atoms with Gasteiger partial charge in [-0.2, -0.15) is 0 Å². The molecular formula is C17H12N2O5. The van der Waals surface area contributed by atoms with E-state index in [4.69, 9.17) is 9.57 Å².